The van der Waals surface area contributed by atoms with E-state index < -0.39 is 23.1 Å². The molecular weight excluding hydrogens is 400 g/mol. The lowest BCUT2D eigenvalue weighted by Crippen LogP contribution is -2.15. The SMILES string of the molecule is CCOC(=O)C(C=NC(C)(C)C)=C(O)c1cc(I)ccc1F. The summed E-state index contributed by atoms with van der Waals surface area (Å²) in [5.74, 6) is -1.85. The minimum Gasteiger partial charge on any atom is -0.506 e. The van der Waals surface area contributed by atoms with E-state index in [0.717, 1.165) is 3.57 Å². The molecule has 0 saturated carbocycles. The highest BCUT2D eigenvalue weighted by Gasteiger charge is 2.20. The van der Waals surface area contributed by atoms with E-state index in [1.165, 1.54) is 18.3 Å². The Kier molecular flexibility index (Phi) is 6.52. The molecule has 0 aliphatic heterocycles. The third-order valence-corrected chi connectivity index (χ3v) is 3.19. The van der Waals surface area contributed by atoms with Gasteiger partial charge in [0, 0.05) is 9.78 Å². The molecular formula is C16H19FINO3. The number of esters is 1. The van der Waals surface area contributed by atoms with Gasteiger partial charge in [-0.1, -0.05) is 0 Å². The van der Waals surface area contributed by atoms with Crippen molar-refractivity contribution >= 4 is 40.5 Å². The van der Waals surface area contributed by atoms with Crippen molar-refractivity contribution in [3.8, 4) is 0 Å². The smallest absolute Gasteiger partial charge is 0.343 e. The van der Waals surface area contributed by atoms with Gasteiger partial charge in [0.15, 0.2) is 0 Å². The number of carbonyl (C=O) groups excluding carboxylic acids is 1. The number of rotatable bonds is 4. The van der Waals surface area contributed by atoms with Crippen molar-refractivity contribution < 1.29 is 19.0 Å². The Balaban J connectivity index is 3.42. The van der Waals surface area contributed by atoms with Crippen LogP contribution in [0.3, 0.4) is 0 Å². The molecule has 0 bridgehead atoms. The van der Waals surface area contributed by atoms with Crippen LogP contribution in [0, 0.1) is 9.39 Å². The van der Waals surface area contributed by atoms with Crippen LogP contribution in [0.15, 0.2) is 28.8 Å². The van der Waals surface area contributed by atoms with Crippen molar-refractivity contribution in [2.24, 2.45) is 4.99 Å². The van der Waals surface area contributed by atoms with Crippen LogP contribution >= 0.6 is 22.6 Å². The molecule has 0 radical (unpaired) electrons. The minimum atomic E-state index is -0.744. The molecule has 0 atom stereocenters. The summed E-state index contributed by atoms with van der Waals surface area (Å²) in [6.45, 7) is 7.33. The van der Waals surface area contributed by atoms with Crippen LogP contribution in [0.2, 0.25) is 0 Å². The van der Waals surface area contributed by atoms with Gasteiger partial charge in [0.05, 0.1) is 17.7 Å². The number of hydrogen-bond acceptors (Lipinski definition) is 4. The first kappa shape index (κ1) is 18.6. The standard InChI is InChI=1S/C16H19FINO3/c1-5-22-15(21)12(9-19-16(2,3)4)14(20)11-8-10(18)6-7-13(11)17/h6-9,20H,5H2,1-4H3. The van der Waals surface area contributed by atoms with Crippen molar-refractivity contribution in [1.82, 2.24) is 0 Å². The highest BCUT2D eigenvalue weighted by atomic mass is 127. The van der Waals surface area contributed by atoms with Gasteiger partial charge in [-0.05, 0) is 68.5 Å². The maximum Gasteiger partial charge on any atom is 0.343 e. The summed E-state index contributed by atoms with van der Waals surface area (Å²) >= 11 is 2.00. The Hall–Kier alpha value is -1.44. The van der Waals surface area contributed by atoms with E-state index in [2.05, 4.69) is 4.99 Å². The maximum absolute atomic E-state index is 13.9. The van der Waals surface area contributed by atoms with Crippen LogP contribution in [0.5, 0.6) is 0 Å². The Morgan fingerprint density at radius 2 is 2.09 bits per heavy atom. The van der Waals surface area contributed by atoms with Crippen molar-refractivity contribution in [2.45, 2.75) is 33.2 Å². The average Bonchev–Trinajstić information content (AvgIpc) is 2.40. The van der Waals surface area contributed by atoms with Crippen molar-refractivity contribution in [1.29, 1.82) is 0 Å². The molecule has 0 fully saturated rings. The Bertz CT molecular complexity index is 618. The summed E-state index contributed by atoms with van der Waals surface area (Å²) in [6, 6.07) is 4.26. The van der Waals surface area contributed by atoms with Gasteiger partial charge in [0.25, 0.3) is 0 Å². The molecule has 1 aromatic carbocycles. The van der Waals surface area contributed by atoms with E-state index in [0.29, 0.717) is 0 Å². The fraction of sp³-hybridized carbons (Fsp3) is 0.375. The number of aliphatic hydroxyl groups is 1. The van der Waals surface area contributed by atoms with E-state index in [4.69, 9.17) is 4.74 Å². The van der Waals surface area contributed by atoms with Gasteiger partial charge in [0.2, 0.25) is 0 Å². The number of aliphatic hydroxyl groups excluding tert-OH is 1. The fourth-order valence-electron chi connectivity index (χ4n) is 1.50. The molecule has 22 heavy (non-hydrogen) atoms. The first-order valence-electron chi connectivity index (χ1n) is 6.76. The molecule has 0 aliphatic carbocycles. The number of hydrogen-bond donors (Lipinski definition) is 1. The lowest BCUT2D eigenvalue weighted by molar-refractivity contribution is -0.137. The monoisotopic (exact) mass is 419 g/mol. The lowest BCUT2D eigenvalue weighted by Gasteiger charge is -2.13. The summed E-state index contributed by atoms with van der Waals surface area (Å²) in [7, 11) is 0. The normalized spacial score (nSPS) is 13.2. The number of nitrogens with zero attached hydrogens (tertiary/aromatic N) is 1. The third kappa shape index (κ3) is 5.40. The van der Waals surface area contributed by atoms with Crippen molar-refractivity contribution in [3.05, 3.63) is 38.7 Å². The zero-order valence-corrected chi connectivity index (χ0v) is 15.1. The third-order valence-electron chi connectivity index (χ3n) is 2.51. The molecule has 0 amide bonds. The lowest BCUT2D eigenvalue weighted by atomic mass is 10.1. The van der Waals surface area contributed by atoms with Crippen LogP contribution in [0.1, 0.15) is 33.3 Å². The Labute approximate surface area is 143 Å². The van der Waals surface area contributed by atoms with Gasteiger partial charge in [-0.25, -0.2) is 9.18 Å². The molecule has 1 aromatic rings. The second-order valence-electron chi connectivity index (χ2n) is 5.54. The van der Waals surface area contributed by atoms with Crippen LogP contribution in [0.4, 0.5) is 4.39 Å². The molecule has 0 spiro atoms. The fourth-order valence-corrected chi connectivity index (χ4v) is 1.99. The molecule has 120 valence electrons. The summed E-state index contributed by atoms with van der Waals surface area (Å²) in [4.78, 5) is 16.2. The van der Waals surface area contributed by atoms with Gasteiger partial charge in [0.1, 0.15) is 17.1 Å². The molecule has 1 N–H and O–H groups in total. The van der Waals surface area contributed by atoms with Gasteiger partial charge in [-0.2, -0.15) is 0 Å². The maximum atomic E-state index is 13.9. The summed E-state index contributed by atoms with van der Waals surface area (Å²) in [5.41, 5.74) is -0.671. The topological polar surface area (TPSA) is 58.9 Å². The predicted octanol–water partition coefficient (Wildman–Crippen LogP) is 4.13. The highest BCUT2D eigenvalue weighted by Crippen LogP contribution is 2.22. The summed E-state index contributed by atoms with van der Waals surface area (Å²) in [5, 5.41) is 10.3. The minimum absolute atomic E-state index is 0.0599. The number of halogens is 2. The van der Waals surface area contributed by atoms with Crippen LogP contribution < -0.4 is 0 Å². The molecule has 0 aromatic heterocycles. The number of carbonyl (C=O) groups is 1. The van der Waals surface area contributed by atoms with E-state index >= 15 is 0 Å². The molecule has 6 heteroatoms. The first-order chi connectivity index (χ1) is 10.2. The van der Waals surface area contributed by atoms with E-state index in [1.807, 2.05) is 43.4 Å². The second kappa shape index (κ2) is 7.71. The molecule has 0 aliphatic rings. The Morgan fingerprint density at radius 1 is 1.45 bits per heavy atom. The number of aliphatic imine (C=N–C) groups is 1. The van der Waals surface area contributed by atoms with Crippen molar-refractivity contribution in [2.75, 3.05) is 6.61 Å². The molecule has 1 rings (SSSR count). The molecule has 0 heterocycles. The van der Waals surface area contributed by atoms with E-state index in [9.17, 15) is 14.3 Å². The number of benzene rings is 1. The van der Waals surface area contributed by atoms with E-state index in [1.54, 1.807) is 13.0 Å². The van der Waals surface area contributed by atoms with Crippen LogP contribution in [0.25, 0.3) is 5.76 Å². The largest absolute Gasteiger partial charge is 0.506 e. The van der Waals surface area contributed by atoms with E-state index in [-0.39, 0.29) is 17.7 Å². The quantitative estimate of drug-likeness (QED) is 0.263. The summed E-state index contributed by atoms with van der Waals surface area (Å²) < 4.78 is 19.6. The van der Waals surface area contributed by atoms with Crippen LogP contribution in [-0.2, 0) is 9.53 Å². The van der Waals surface area contributed by atoms with Gasteiger partial charge in [-0.15, -0.1) is 0 Å². The zero-order chi connectivity index (χ0) is 16.9. The van der Waals surface area contributed by atoms with Gasteiger partial charge < -0.3 is 9.84 Å². The first-order valence-corrected chi connectivity index (χ1v) is 7.84. The molecule has 0 unspecified atom stereocenters. The van der Waals surface area contributed by atoms with Gasteiger partial charge in [-0.3, -0.25) is 4.99 Å². The predicted molar refractivity (Wildman–Crippen MR) is 93.5 cm³/mol. The molecule has 4 nitrogen and oxygen atoms in total. The zero-order valence-electron chi connectivity index (χ0n) is 13.0. The number of ether oxygens (including phenoxy) is 1. The second-order valence-corrected chi connectivity index (χ2v) is 6.78. The van der Waals surface area contributed by atoms with Gasteiger partial charge >= 0.3 is 5.97 Å². The molecule has 0 saturated heterocycles. The highest BCUT2D eigenvalue weighted by molar-refractivity contribution is 14.1. The Morgan fingerprint density at radius 3 is 2.64 bits per heavy atom. The van der Waals surface area contributed by atoms with Crippen molar-refractivity contribution in [3.63, 3.8) is 0 Å². The van der Waals surface area contributed by atoms with Crippen LogP contribution in [-0.4, -0.2) is 29.4 Å². The summed E-state index contributed by atoms with van der Waals surface area (Å²) in [6.07, 6.45) is 1.23. The average molecular weight is 419 g/mol.